The van der Waals surface area contributed by atoms with Gasteiger partial charge in [0.15, 0.2) is 0 Å². The van der Waals surface area contributed by atoms with Crippen molar-refractivity contribution in [3.63, 3.8) is 0 Å². The van der Waals surface area contributed by atoms with E-state index in [1.54, 1.807) is 0 Å². The van der Waals surface area contributed by atoms with E-state index >= 15 is 0 Å². The number of nitrogens with one attached hydrogen (secondary N) is 1. The van der Waals surface area contributed by atoms with E-state index in [4.69, 9.17) is 0 Å². The first-order valence-corrected chi connectivity index (χ1v) is 7.06. The lowest BCUT2D eigenvalue weighted by Crippen LogP contribution is -2.29. The highest BCUT2D eigenvalue weighted by Gasteiger charge is 2.07. The van der Waals surface area contributed by atoms with Crippen LogP contribution in [0.5, 0.6) is 0 Å². The topological polar surface area (TPSA) is 32.3 Å². The third-order valence-corrected chi connectivity index (χ3v) is 3.42. The van der Waals surface area contributed by atoms with Crippen LogP contribution >= 0.6 is 15.9 Å². The lowest BCUT2D eigenvalue weighted by atomic mass is 10.1. The maximum absolute atomic E-state index is 11.8. The van der Waals surface area contributed by atoms with E-state index in [9.17, 15) is 4.79 Å². The maximum Gasteiger partial charge on any atom is 0.222 e. The van der Waals surface area contributed by atoms with E-state index in [0.29, 0.717) is 6.42 Å². The third kappa shape index (κ3) is 5.65. The van der Waals surface area contributed by atoms with Crippen LogP contribution in [-0.4, -0.2) is 38.0 Å². The lowest BCUT2D eigenvalue weighted by molar-refractivity contribution is -0.129. The van der Waals surface area contributed by atoms with Gasteiger partial charge < -0.3 is 10.2 Å². The van der Waals surface area contributed by atoms with Crippen LogP contribution in [0.3, 0.4) is 0 Å². The Morgan fingerprint density at radius 2 is 2.00 bits per heavy atom. The Morgan fingerprint density at radius 3 is 2.61 bits per heavy atom. The van der Waals surface area contributed by atoms with Crippen molar-refractivity contribution >= 4 is 21.8 Å². The van der Waals surface area contributed by atoms with Crippen LogP contribution in [0.2, 0.25) is 0 Å². The Labute approximate surface area is 118 Å². The van der Waals surface area contributed by atoms with Gasteiger partial charge in [-0.15, -0.1) is 0 Å². The van der Waals surface area contributed by atoms with Crippen LogP contribution in [0.15, 0.2) is 28.7 Å². The fraction of sp³-hybridized carbons (Fsp3) is 0.500. The van der Waals surface area contributed by atoms with Crippen LogP contribution in [-0.2, 0) is 11.2 Å². The summed E-state index contributed by atoms with van der Waals surface area (Å²) in [7, 11) is 3.78. The minimum Gasteiger partial charge on any atom is -0.345 e. The van der Waals surface area contributed by atoms with Gasteiger partial charge >= 0.3 is 0 Å². The molecule has 1 amide bonds. The second-order valence-corrected chi connectivity index (χ2v) is 5.31. The van der Waals surface area contributed by atoms with E-state index in [2.05, 4.69) is 33.4 Å². The van der Waals surface area contributed by atoms with Crippen molar-refractivity contribution in [1.29, 1.82) is 0 Å². The Kier molecular flexibility index (Phi) is 6.98. The van der Waals surface area contributed by atoms with Gasteiger partial charge in [-0.2, -0.15) is 0 Å². The van der Waals surface area contributed by atoms with Gasteiger partial charge in [0.25, 0.3) is 0 Å². The van der Waals surface area contributed by atoms with Crippen LogP contribution in [0, 0.1) is 0 Å². The standard InChI is InChI=1S/C14H21BrN2O/c1-16-10-3-4-14(18)17(2)11-9-12-5-7-13(15)8-6-12/h5-8,16H,3-4,9-11H2,1-2H3. The van der Waals surface area contributed by atoms with Crippen molar-refractivity contribution in [2.75, 3.05) is 27.2 Å². The number of hydrogen-bond acceptors (Lipinski definition) is 2. The summed E-state index contributed by atoms with van der Waals surface area (Å²) in [6.07, 6.45) is 2.43. The van der Waals surface area contributed by atoms with Crippen LogP contribution in [0.1, 0.15) is 18.4 Å². The molecule has 0 radical (unpaired) electrons. The number of hydrogen-bond donors (Lipinski definition) is 1. The molecule has 0 aliphatic rings. The third-order valence-electron chi connectivity index (χ3n) is 2.89. The molecule has 0 saturated heterocycles. The first-order chi connectivity index (χ1) is 8.63. The monoisotopic (exact) mass is 312 g/mol. The van der Waals surface area contributed by atoms with E-state index < -0.39 is 0 Å². The Hall–Kier alpha value is -0.870. The zero-order chi connectivity index (χ0) is 13.4. The highest BCUT2D eigenvalue weighted by atomic mass is 79.9. The lowest BCUT2D eigenvalue weighted by Gasteiger charge is -2.17. The molecule has 1 N–H and O–H groups in total. The molecule has 0 fully saturated rings. The highest BCUT2D eigenvalue weighted by molar-refractivity contribution is 9.10. The number of halogens is 1. The fourth-order valence-electron chi connectivity index (χ4n) is 1.68. The van der Waals surface area contributed by atoms with Crippen molar-refractivity contribution in [2.45, 2.75) is 19.3 Å². The summed E-state index contributed by atoms with van der Waals surface area (Å²) in [5, 5.41) is 3.05. The van der Waals surface area contributed by atoms with Crippen molar-refractivity contribution in [3.05, 3.63) is 34.3 Å². The van der Waals surface area contributed by atoms with Gasteiger partial charge in [-0.3, -0.25) is 4.79 Å². The Balaban J connectivity index is 2.29. The largest absolute Gasteiger partial charge is 0.345 e. The molecule has 0 atom stereocenters. The predicted molar refractivity (Wildman–Crippen MR) is 78.6 cm³/mol. The average Bonchev–Trinajstić information content (AvgIpc) is 2.38. The average molecular weight is 313 g/mol. The quantitative estimate of drug-likeness (QED) is 0.784. The Bertz CT molecular complexity index is 365. The van der Waals surface area contributed by atoms with Gasteiger partial charge in [0.05, 0.1) is 0 Å². The first-order valence-electron chi connectivity index (χ1n) is 6.26. The number of rotatable bonds is 7. The zero-order valence-electron chi connectivity index (χ0n) is 11.1. The Morgan fingerprint density at radius 1 is 1.33 bits per heavy atom. The fourth-order valence-corrected chi connectivity index (χ4v) is 1.94. The summed E-state index contributed by atoms with van der Waals surface area (Å²) < 4.78 is 1.09. The molecule has 1 aromatic carbocycles. The number of carbonyl (C=O) groups is 1. The molecule has 0 aromatic heterocycles. The molecule has 0 heterocycles. The van der Waals surface area contributed by atoms with Gasteiger partial charge in [-0.05, 0) is 44.1 Å². The molecular formula is C14H21BrN2O. The molecule has 1 rings (SSSR count). The number of benzene rings is 1. The van der Waals surface area contributed by atoms with Crippen LogP contribution in [0.25, 0.3) is 0 Å². The molecule has 0 aliphatic carbocycles. The van der Waals surface area contributed by atoms with Crippen molar-refractivity contribution in [2.24, 2.45) is 0 Å². The summed E-state index contributed by atoms with van der Waals surface area (Å²) in [6.45, 7) is 1.67. The second kappa shape index (κ2) is 8.27. The molecule has 0 unspecified atom stereocenters. The number of amides is 1. The minimum atomic E-state index is 0.224. The maximum atomic E-state index is 11.8. The van der Waals surface area contributed by atoms with Crippen LogP contribution < -0.4 is 5.32 Å². The first kappa shape index (κ1) is 15.2. The SMILES string of the molecule is CNCCCC(=O)N(C)CCc1ccc(Br)cc1. The summed E-state index contributed by atoms with van der Waals surface area (Å²) in [5.74, 6) is 0.224. The normalized spacial score (nSPS) is 10.4. The molecule has 4 heteroatoms. The van der Waals surface area contributed by atoms with Gasteiger partial charge in [0.2, 0.25) is 5.91 Å². The van der Waals surface area contributed by atoms with E-state index in [1.807, 2.05) is 31.1 Å². The van der Waals surface area contributed by atoms with Crippen LogP contribution in [0.4, 0.5) is 0 Å². The molecule has 100 valence electrons. The summed E-state index contributed by atoms with van der Waals surface area (Å²) in [5.41, 5.74) is 1.26. The number of nitrogens with zero attached hydrogens (tertiary/aromatic N) is 1. The van der Waals surface area contributed by atoms with E-state index in [-0.39, 0.29) is 5.91 Å². The van der Waals surface area contributed by atoms with Gasteiger partial charge in [-0.25, -0.2) is 0 Å². The number of likely N-dealkylation sites (N-methyl/N-ethyl adjacent to an activating group) is 1. The number of carbonyl (C=O) groups excluding carboxylic acids is 1. The predicted octanol–water partition coefficient (Wildman–Crippen LogP) is 2.45. The smallest absolute Gasteiger partial charge is 0.222 e. The zero-order valence-corrected chi connectivity index (χ0v) is 12.7. The summed E-state index contributed by atoms with van der Waals surface area (Å²) in [4.78, 5) is 13.6. The van der Waals surface area contributed by atoms with Crippen molar-refractivity contribution in [1.82, 2.24) is 10.2 Å². The summed E-state index contributed by atoms with van der Waals surface area (Å²) >= 11 is 3.41. The van der Waals surface area contributed by atoms with E-state index in [1.165, 1.54) is 5.56 Å². The molecular weight excluding hydrogens is 292 g/mol. The van der Waals surface area contributed by atoms with Gasteiger partial charge in [0.1, 0.15) is 0 Å². The van der Waals surface area contributed by atoms with E-state index in [0.717, 1.165) is 30.4 Å². The van der Waals surface area contributed by atoms with Gasteiger partial charge in [-0.1, -0.05) is 28.1 Å². The molecule has 3 nitrogen and oxygen atoms in total. The van der Waals surface area contributed by atoms with Gasteiger partial charge in [0, 0.05) is 24.5 Å². The molecule has 0 aliphatic heterocycles. The second-order valence-electron chi connectivity index (χ2n) is 4.40. The van der Waals surface area contributed by atoms with Crippen molar-refractivity contribution < 1.29 is 4.79 Å². The van der Waals surface area contributed by atoms with Crippen molar-refractivity contribution in [3.8, 4) is 0 Å². The molecule has 0 bridgehead atoms. The molecule has 0 spiro atoms. The summed E-state index contributed by atoms with van der Waals surface area (Å²) in [6, 6.07) is 8.24. The molecule has 0 saturated carbocycles. The molecule has 1 aromatic rings. The highest BCUT2D eigenvalue weighted by Crippen LogP contribution is 2.11. The molecule has 18 heavy (non-hydrogen) atoms. The minimum absolute atomic E-state index is 0.224.